The number of rotatable bonds is 2. The molecule has 2 aromatic rings. The van der Waals surface area contributed by atoms with E-state index in [0.29, 0.717) is 6.92 Å². The minimum atomic E-state index is -2.16. The zero-order chi connectivity index (χ0) is 25.9. The Hall–Kier alpha value is -2.16. The largest absolute Gasteiger partial charge is 0.400 e. The lowest BCUT2D eigenvalue weighted by Crippen LogP contribution is -2.36. The molecule has 32 heavy (non-hydrogen) atoms. The van der Waals surface area contributed by atoms with Gasteiger partial charge in [0.25, 0.3) is 0 Å². The fourth-order valence-corrected chi connectivity index (χ4v) is 2.74. The van der Waals surface area contributed by atoms with Crippen LogP contribution in [0, 0.1) is 58.9 Å². The lowest BCUT2D eigenvalue weighted by Gasteiger charge is -2.39. The van der Waals surface area contributed by atoms with E-state index in [1.807, 2.05) is 13.8 Å². The van der Waals surface area contributed by atoms with Crippen LogP contribution in [0.3, 0.4) is 0 Å². The van der Waals surface area contributed by atoms with E-state index in [-0.39, 0.29) is 0 Å². The van der Waals surface area contributed by atoms with Crippen LogP contribution in [-0.2, 0) is 5.41 Å². The Kier molecular flexibility index (Phi) is 9.92. The third kappa shape index (κ3) is 4.77. The first-order chi connectivity index (χ1) is 14.6. The molecule has 0 aliphatic rings. The predicted molar refractivity (Wildman–Crippen MR) is 108 cm³/mol. The van der Waals surface area contributed by atoms with Gasteiger partial charge in [-0.2, -0.15) is 0 Å². The normalized spacial score (nSPS) is 11.4. The average molecular weight is 472 g/mol. The number of halogens is 8. The summed E-state index contributed by atoms with van der Waals surface area (Å²) < 4.78 is 115. The maximum atomic E-state index is 14.7. The molecule has 0 fully saturated rings. The molecule has 182 valence electrons. The van der Waals surface area contributed by atoms with Crippen LogP contribution >= 0.6 is 0 Å². The maximum absolute atomic E-state index is 14.7. The summed E-state index contributed by atoms with van der Waals surface area (Å²) in [6.45, 7) is 12.1. The zero-order valence-electron chi connectivity index (χ0n) is 19.5. The molecule has 0 saturated heterocycles. The summed E-state index contributed by atoms with van der Waals surface area (Å²) in [6, 6.07) is 0. The van der Waals surface area contributed by atoms with E-state index in [0.717, 1.165) is 7.11 Å². The number of aliphatic hydroxyl groups is 1. The topological polar surface area (TPSA) is 20.2 Å². The minimum absolute atomic E-state index is 0.698. The lowest BCUT2D eigenvalue weighted by molar-refractivity contribution is 0.207. The highest BCUT2D eigenvalue weighted by atomic mass is 19.2. The first-order valence-corrected chi connectivity index (χ1v) is 9.71. The van der Waals surface area contributed by atoms with Crippen LogP contribution in [0.25, 0.3) is 11.1 Å². The molecular weight excluding hydrogens is 444 g/mol. The third-order valence-electron chi connectivity index (χ3n) is 5.50. The molecule has 0 unspecified atom stereocenters. The third-order valence-corrected chi connectivity index (χ3v) is 5.50. The van der Waals surface area contributed by atoms with Crippen LogP contribution in [0.4, 0.5) is 35.1 Å². The van der Waals surface area contributed by atoms with E-state index < -0.39 is 79.6 Å². The summed E-state index contributed by atoms with van der Waals surface area (Å²) in [5.74, 6) is -16.2. The Morgan fingerprint density at radius 1 is 0.500 bits per heavy atom. The van der Waals surface area contributed by atoms with Gasteiger partial charge in [-0.15, -0.1) is 0 Å². The van der Waals surface area contributed by atoms with Crippen molar-refractivity contribution in [2.24, 2.45) is 5.41 Å². The van der Waals surface area contributed by atoms with E-state index in [2.05, 4.69) is 0 Å². The number of benzene rings is 2. The fraction of sp³-hybridized carbons (Fsp3) is 0.478. The first kappa shape index (κ1) is 29.8. The Bertz CT molecular complexity index is 917. The molecule has 1 nitrogen and oxygen atoms in total. The SMILES string of the molecule is CC.CO.Cc1c(F)c(F)c(-c2c(F)c(F)c(C(C)(C)C(C)(C)C)c(F)c2F)c(F)c1F. The van der Waals surface area contributed by atoms with Gasteiger partial charge in [0.2, 0.25) is 0 Å². The molecule has 0 spiro atoms. The Morgan fingerprint density at radius 3 is 1.00 bits per heavy atom. The van der Waals surface area contributed by atoms with Crippen molar-refractivity contribution in [3.05, 3.63) is 57.7 Å². The van der Waals surface area contributed by atoms with Gasteiger partial charge in [0.1, 0.15) is 0 Å². The quantitative estimate of drug-likeness (QED) is 0.350. The van der Waals surface area contributed by atoms with Crippen molar-refractivity contribution in [3.8, 4) is 11.1 Å². The standard InChI is InChI=1S/C20H18F8.C2H6.CH4O/c1-7-11(21)13(23)8(14(24)12(7)22)9-15(25)17(27)10(18(28)16(9)26)20(5,6)19(2,3)4;2*1-2/h1-6H3;1-2H3;2H,1H3. The Morgan fingerprint density at radius 2 is 0.750 bits per heavy atom. The highest BCUT2D eigenvalue weighted by molar-refractivity contribution is 5.68. The van der Waals surface area contributed by atoms with Crippen molar-refractivity contribution in [1.82, 2.24) is 0 Å². The van der Waals surface area contributed by atoms with Gasteiger partial charge in [-0.3, -0.25) is 0 Å². The second-order valence-electron chi connectivity index (χ2n) is 8.14. The number of hydrogen-bond donors (Lipinski definition) is 1. The second kappa shape index (κ2) is 10.6. The second-order valence-corrected chi connectivity index (χ2v) is 8.14. The summed E-state index contributed by atoms with van der Waals surface area (Å²) in [5, 5.41) is 7.00. The van der Waals surface area contributed by atoms with Gasteiger partial charge in [0.05, 0.1) is 11.1 Å². The molecular formula is C23H28F8O. The smallest absolute Gasteiger partial charge is 0.170 e. The van der Waals surface area contributed by atoms with Crippen LogP contribution in [0.2, 0.25) is 0 Å². The van der Waals surface area contributed by atoms with Gasteiger partial charge in [-0.05, 0) is 12.3 Å². The van der Waals surface area contributed by atoms with Crippen molar-refractivity contribution in [2.45, 2.75) is 60.8 Å². The van der Waals surface area contributed by atoms with Crippen LogP contribution in [-0.4, -0.2) is 12.2 Å². The molecule has 2 aromatic carbocycles. The summed E-state index contributed by atoms with van der Waals surface area (Å²) in [7, 11) is 1.00. The van der Waals surface area contributed by atoms with E-state index in [9.17, 15) is 35.1 Å². The van der Waals surface area contributed by atoms with Gasteiger partial charge in [0, 0.05) is 23.7 Å². The molecule has 0 aromatic heterocycles. The molecule has 0 heterocycles. The van der Waals surface area contributed by atoms with Crippen LogP contribution in [0.15, 0.2) is 0 Å². The Balaban J connectivity index is 0.00000227. The van der Waals surface area contributed by atoms with Gasteiger partial charge < -0.3 is 5.11 Å². The van der Waals surface area contributed by atoms with E-state index >= 15 is 0 Å². The minimum Gasteiger partial charge on any atom is -0.400 e. The van der Waals surface area contributed by atoms with Crippen LogP contribution < -0.4 is 0 Å². The first-order valence-electron chi connectivity index (χ1n) is 9.71. The fourth-order valence-electron chi connectivity index (χ4n) is 2.74. The average Bonchev–Trinajstić information content (AvgIpc) is 2.74. The molecule has 0 atom stereocenters. The van der Waals surface area contributed by atoms with Crippen LogP contribution in [0.1, 0.15) is 59.6 Å². The van der Waals surface area contributed by atoms with Crippen molar-refractivity contribution < 1.29 is 40.2 Å². The predicted octanol–water partition coefficient (Wildman–Crippen LogP) is 7.73. The molecule has 0 saturated carbocycles. The van der Waals surface area contributed by atoms with Gasteiger partial charge in [-0.25, -0.2) is 35.1 Å². The molecule has 0 radical (unpaired) electrons. The Labute approximate surface area is 183 Å². The lowest BCUT2D eigenvalue weighted by atomic mass is 9.65. The molecule has 1 N–H and O–H groups in total. The monoisotopic (exact) mass is 472 g/mol. The summed E-state index contributed by atoms with van der Waals surface area (Å²) in [6.07, 6.45) is 0. The number of aliphatic hydroxyl groups excluding tert-OH is 1. The van der Waals surface area contributed by atoms with Gasteiger partial charge in [-0.1, -0.05) is 48.5 Å². The highest BCUT2D eigenvalue weighted by Gasteiger charge is 2.43. The zero-order valence-corrected chi connectivity index (χ0v) is 19.5. The van der Waals surface area contributed by atoms with Crippen molar-refractivity contribution >= 4 is 0 Å². The van der Waals surface area contributed by atoms with Crippen molar-refractivity contribution in [3.63, 3.8) is 0 Å². The van der Waals surface area contributed by atoms with Crippen molar-refractivity contribution in [2.75, 3.05) is 7.11 Å². The molecule has 9 heteroatoms. The summed E-state index contributed by atoms with van der Waals surface area (Å²) in [4.78, 5) is 0. The van der Waals surface area contributed by atoms with E-state index in [4.69, 9.17) is 5.11 Å². The summed E-state index contributed by atoms with van der Waals surface area (Å²) >= 11 is 0. The molecule has 0 aliphatic heterocycles. The molecule has 2 rings (SSSR count). The van der Waals surface area contributed by atoms with Gasteiger partial charge in [0.15, 0.2) is 46.5 Å². The molecule has 0 bridgehead atoms. The number of hydrogen-bond acceptors (Lipinski definition) is 1. The van der Waals surface area contributed by atoms with E-state index in [1.165, 1.54) is 13.8 Å². The van der Waals surface area contributed by atoms with Crippen LogP contribution in [0.5, 0.6) is 0 Å². The highest BCUT2D eigenvalue weighted by Crippen LogP contribution is 2.46. The van der Waals surface area contributed by atoms with Crippen molar-refractivity contribution in [1.29, 1.82) is 0 Å². The summed E-state index contributed by atoms with van der Waals surface area (Å²) in [5.41, 5.74) is -8.10. The molecule has 0 amide bonds. The molecule has 0 aliphatic carbocycles. The van der Waals surface area contributed by atoms with Gasteiger partial charge >= 0.3 is 0 Å². The maximum Gasteiger partial charge on any atom is 0.170 e. The van der Waals surface area contributed by atoms with E-state index in [1.54, 1.807) is 20.8 Å².